The van der Waals surface area contributed by atoms with Gasteiger partial charge in [0.15, 0.2) is 0 Å². The molecule has 0 atom stereocenters. The van der Waals surface area contributed by atoms with Gasteiger partial charge in [-0.2, -0.15) is 5.10 Å². The minimum absolute atomic E-state index is 0.384. The number of nitrogens with zero attached hydrogens (tertiary/aromatic N) is 3. The van der Waals surface area contributed by atoms with Gasteiger partial charge in [-0.15, -0.1) is 10.2 Å². The smallest absolute Gasteiger partial charge is 0.268 e. The standard InChI is InChI=1S/C15H16N4O/c1-9(2)12-8-13(17-16-12)15-19-18-14(20-15)11-7-5-4-6-10(11)3/h4-9H,1-3H3,(H,16,17). The molecule has 0 spiro atoms. The van der Waals surface area contributed by atoms with Crippen LogP contribution in [0.1, 0.15) is 31.0 Å². The van der Waals surface area contributed by atoms with Crippen LogP contribution >= 0.6 is 0 Å². The number of hydrogen-bond acceptors (Lipinski definition) is 4. The van der Waals surface area contributed by atoms with E-state index >= 15 is 0 Å². The lowest BCUT2D eigenvalue weighted by molar-refractivity contribution is 0.581. The third kappa shape index (κ3) is 2.22. The molecule has 20 heavy (non-hydrogen) atoms. The average molecular weight is 268 g/mol. The maximum Gasteiger partial charge on any atom is 0.268 e. The van der Waals surface area contributed by atoms with E-state index in [-0.39, 0.29) is 0 Å². The normalized spacial score (nSPS) is 11.2. The molecule has 3 rings (SSSR count). The predicted molar refractivity (Wildman–Crippen MR) is 76.1 cm³/mol. The maximum atomic E-state index is 5.72. The molecule has 0 unspecified atom stereocenters. The van der Waals surface area contributed by atoms with Gasteiger partial charge in [-0.1, -0.05) is 32.0 Å². The van der Waals surface area contributed by atoms with Crippen LogP contribution in [0, 0.1) is 6.92 Å². The highest BCUT2D eigenvalue weighted by Gasteiger charge is 2.15. The summed E-state index contributed by atoms with van der Waals surface area (Å²) in [7, 11) is 0. The molecule has 102 valence electrons. The Balaban J connectivity index is 1.96. The zero-order chi connectivity index (χ0) is 14.1. The lowest BCUT2D eigenvalue weighted by Crippen LogP contribution is -1.85. The quantitative estimate of drug-likeness (QED) is 0.788. The van der Waals surface area contributed by atoms with Crippen molar-refractivity contribution in [1.82, 2.24) is 20.4 Å². The molecule has 0 fully saturated rings. The first-order chi connectivity index (χ1) is 9.65. The van der Waals surface area contributed by atoms with Gasteiger partial charge in [0.05, 0.1) is 0 Å². The number of aromatic nitrogens is 4. The second kappa shape index (κ2) is 4.92. The van der Waals surface area contributed by atoms with Crippen molar-refractivity contribution in [2.45, 2.75) is 26.7 Å². The zero-order valence-corrected chi connectivity index (χ0v) is 11.7. The minimum atomic E-state index is 0.384. The molecule has 1 N–H and O–H groups in total. The number of nitrogens with one attached hydrogen (secondary N) is 1. The van der Waals surface area contributed by atoms with Crippen LogP contribution in [0.4, 0.5) is 0 Å². The van der Waals surface area contributed by atoms with Crippen molar-refractivity contribution in [1.29, 1.82) is 0 Å². The Hall–Kier alpha value is -2.43. The van der Waals surface area contributed by atoms with Gasteiger partial charge in [0.1, 0.15) is 5.69 Å². The van der Waals surface area contributed by atoms with E-state index in [1.165, 1.54) is 0 Å². The molecule has 3 aromatic rings. The number of H-pyrrole nitrogens is 1. The minimum Gasteiger partial charge on any atom is -0.415 e. The molecule has 2 aromatic heterocycles. The Morgan fingerprint density at radius 1 is 1.10 bits per heavy atom. The fourth-order valence-electron chi connectivity index (χ4n) is 1.99. The topological polar surface area (TPSA) is 67.6 Å². The van der Waals surface area contributed by atoms with Crippen LogP contribution < -0.4 is 0 Å². The lowest BCUT2D eigenvalue weighted by atomic mass is 10.1. The summed E-state index contributed by atoms with van der Waals surface area (Å²) < 4.78 is 5.72. The maximum absolute atomic E-state index is 5.72. The van der Waals surface area contributed by atoms with Crippen molar-refractivity contribution in [3.8, 4) is 23.0 Å². The first-order valence-corrected chi connectivity index (χ1v) is 6.60. The summed E-state index contributed by atoms with van der Waals surface area (Å²) in [5, 5.41) is 15.4. The van der Waals surface area contributed by atoms with Crippen molar-refractivity contribution >= 4 is 0 Å². The Bertz CT molecular complexity index is 727. The zero-order valence-electron chi connectivity index (χ0n) is 11.7. The molecule has 5 nitrogen and oxygen atoms in total. The third-order valence-corrected chi connectivity index (χ3v) is 3.24. The summed E-state index contributed by atoms with van der Waals surface area (Å²) in [4.78, 5) is 0. The molecular weight excluding hydrogens is 252 g/mol. The Morgan fingerprint density at radius 2 is 1.85 bits per heavy atom. The van der Waals surface area contributed by atoms with Crippen LogP contribution in [0.25, 0.3) is 23.0 Å². The fourth-order valence-corrected chi connectivity index (χ4v) is 1.99. The van der Waals surface area contributed by atoms with Gasteiger partial charge < -0.3 is 4.42 Å². The summed E-state index contributed by atoms with van der Waals surface area (Å²) in [6.45, 7) is 6.22. The highest BCUT2D eigenvalue weighted by atomic mass is 16.4. The summed E-state index contributed by atoms with van der Waals surface area (Å²) >= 11 is 0. The van der Waals surface area contributed by atoms with E-state index in [2.05, 4.69) is 34.2 Å². The lowest BCUT2D eigenvalue weighted by Gasteiger charge is -1.98. The SMILES string of the molecule is Cc1ccccc1-c1nnc(-c2cc(C(C)C)[nH]n2)o1. The summed E-state index contributed by atoms with van der Waals surface area (Å²) in [5.74, 6) is 1.34. The molecule has 5 heteroatoms. The highest BCUT2D eigenvalue weighted by Crippen LogP contribution is 2.26. The molecule has 1 aromatic carbocycles. The monoisotopic (exact) mass is 268 g/mol. The van der Waals surface area contributed by atoms with Crippen LogP contribution in [0.5, 0.6) is 0 Å². The Labute approximate surface area is 117 Å². The second-order valence-electron chi connectivity index (χ2n) is 5.09. The molecule has 0 saturated heterocycles. The van der Waals surface area contributed by atoms with Gasteiger partial charge >= 0.3 is 0 Å². The van der Waals surface area contributed by atoms with Crippen LogP contribution in [0.3, 0.4) is 0 Å². The van der Waals surface area contributed by atoms with Crippen molar-refractivity contribution < 1.29 is 4.42 Å². The number of hydrogen-bond donors (Lipinski definition) is 1. The molecule has 2 heterocycles. The average Bonchev–Trinajstić information content (AvgIpc) is 3.08. The predicted octanol–water partition coefficient (Wildman–Crippen LogP) is 3.56. The number of rotatable bonds is 3. The van der Waals surface area contributed by atoms with E-state index in [1.54, 1.807) is 0 Å². The molecule has 0 amide bonds. The fraction of sp³-hybridized carbons (Fsp3) is 0.267. The van der Waals surface area contributed by atoms with Gasteiger partial charge in [0.2, 0.25) is 5.89 Å². The molecule has 0 radical (unpaired) electrons. The molecule has 0 saturated carbocycles. The van der Waals surface area contributed by atoms with E-state index in [0.29, 0.717) is 23.4 Å². The van der Waals surface area contributed by atoms with Crippen molar-refractivity contribution in [2.75, 3.05) is 0 Å². The van der Waals surface area contributed by atoms with Gasteiger partial charge in [0, 0.05) is 11.3 Å². The van der Waals surface area contributed by atoms with Crippen LogP contribution in [-0.4, -0.2) is 20.4 Å². The van der Waals surface area contributed by atoms with E-state index in [4.69, 9.17) is 4.42 Å². The van der Waals surface area contributed by atoms with Gasteiger partial charge in [-0.05, 0) is 30.5 Å². The molecular formula is C15H16N4O. The van der Waals surface area contributed by atoms with Crippen LogP contribution in [-0.2, 0) is 0 Å². The van der Waals surface area contributed by atoms with Crippen molar-refractivity contribution in [3.05, 3.63) is 41.6 Å². The second-order valence-corrected chi connectivity index (χ2v) is 5.09. The number of aromatic amines is 1. The first kappa shape index (κ1) is 12.6. The summed E-state index contributed by atoms with van der Waals surface area (Å²) in [6, 6.07) is 9.87. The van der Waals surface area contributed by atoms with E-state index in [9.17, 15) is 0 Å². The van der Waals surface area contributed by atoms with Gasteiger partial charge in [-0.25, -0.2) is 0 Å². The van der Waals surface area contributed by atoms with E-state index in [1.807, 2.05) is 37.3 Å². The first-order valence-electron chi connectivity index (χ1n) is 6.60. The Morgan fingerprint density at radius 3 is 2.55 bits per heavy atom. The van der Waals surface area contributed by atoms with Crippen LogP contribution in [0.15, 0.2) is 34.7 Å². The summed E-state index contributed by atoms with van der Waals surface area (Å²) in [5.41, 5.74) is 3.79. The van der Waals surface area contributed by atoms with E-state index in [0.717, 1.165) is 16.8 Å². The van der Waals surface area contributed by atoms with Gasteiger partial charge in [-0.3, -0.25) is 5.10 Å². The third-order valence-electron chi connectivity index (χ3n) is 3.24. The largest absolute Gasteiger partial charge is 0.415 e. The highest BCUT2D eigenvalue weighted by molar-refractivity contribution is 5.59. The van der Waals surface area contributed by atoms with E-state index < -0.39 is 0 Å². The van der Waals surface area contributed by atoms with Crippen LogP contribution in [0.2, 0.25) is 0 Å². The molecule has 0 aliphatic carbocycles. The number of aryl methyl sites for hydroxylation is 1. The summed E-state index contributed by atoms with van der Waals surface area (Å²) in [6.07, 6.45) is 0. The molecule has 0 aliphatic rings. The Kier molecular flexibility index (Phi) is 3.10. The van der Waals surface area contributed by atoms with Crippen molar-refractivity contribution in [2.24, 2.45) is 0 Å². The van der Waals surface area contributed by atoms with Gasteiger partial charge in [0.25, 0.3) is 5.89 Å². The van der Waals surface area contributed by atoms with Crippen molar-refractivity contribution in [3.63, 3.8) is 0 Å². The molecule has 0 aliphatic heterocycles. The molecule has 0 bridgehead atoms. The number of benzene rings is 1.